The minimum absolute atomic E-state index is 0.0460. The van der Waals surface area contributed by atoms with E-state index in [0.29, 0.717) is 22.7 Å². The fourth-order valence-corrected chi connectivity index (χ4v) is 6.19. The van der Waals surface area contributed by atoms with E-state index in [2.05, 4.69) is 20.9 Å². The van der Waals surface area contributed by atoms with E-state index in [1.807, 2.05) is 62.4 Å². The molecule has 0 spiro atoms. The fourth-order valence-electron chi connectivity index (χ4n) is 4.84. The number of ether oxygens (including phenoxy) is 1. The molecule has 0 unspecified atom stereocenters. The Morgan fingerprint density at radius 1 is 1.11 bits per heavy atom. The van der Waals surface area contributed by atoms with Gasteiger partial charge in [0.25, 0.3) is 5.78 Å². The van der Waals surface area contributed by atoms with Crippen molar-refractivity contribution in [1.29, 1.82) is 0 Å². The third-order valence-electron chi connectivity index (χ3n) is 6.54. The zero-order valence-corrected chi connectivity index (χ0v) is 21.9. The number of aromatic nitrogens is 1. The number of aliphatic hydroxyl groups excluding tert-OH is 1. The minimum atomic E-state index is -0.816. The Morgan fingerprint density at radius 2 is 1.89 bits per heavy atom. The number of amides is 1. The Morgan fingerprint density at radius 3 is 2.67 bits per heavy atom. The number of hydrogen-bond donors (Lipinski definition) is 1. The highest BCUT2D eigenvalue weighted by Crippen LogP contribution is 2.45. The van der Waals surface area contributed by atoms with Crippen molar-refractivity contribution in [2.24, 2.45) is 0 Å². The number of aryl methyl sites for hydroxylation is 1. The summed E-state index contributed by atoms with van der Waals surface area (Å²) in [6, 6.07) is 17.8. The second-order valence-electron chi connectivity index (χ2n) is 9.14. The lowest BCUT2D eigenvalue weighted by Crippen LogP contribution is -2.29. The number of hydrogen-bond acceptors (Lipinski definition) is 6. The van der Waals surface area contributed by atoms with Gasteiger partial charge in [0.15, 0.2) is 5.13 Å². The molecule has 1 saturated heterocycles. The molecule has 6 rings (SSSR count). The van der Waals surface area contributed by atoms with Crippen molar-refractivity contribution in [2.75, 3.05) is 4.90 Å². The van der Waals surface area contributed by atoms with Gasteiger partial charge in [-0.2, -0.15) is 0 Å². The van der Waals surface area contributed by atoms with Gasteiger partial charge in [0, 0.05) is 16.5 Å². The molecule has 1 fully saturated rings. The quantitative estimate of drug-likeness (QED) is 0.180. The predicted molar refractivity (Wildman–Crippen MR) is 144 cm³/mol. The van der Waals surface area contributed by atoms with E-state index in [0.717, 1.165) is 31.6 Å². The van der Waals surface area contributed by atoms with Gasteiger partial charge in [-0.1, -0.05) is 45.5 Å². The second kappa shape index (κ2) is 8.57. The summed E-state index contributed by atoms with van der Waals surface area (Å²) in [5.74, 6) is -0.879. The van der Waals surface area contributed by atoms with E-state index < -0.39 is 17.7 Å². The van der Waals surface area contributed by atoms with Crippen molar-refractivity contribution in [2.45, 2.75) is 32.4 Å². The lowest BCUT2D eigenvalue weighted by Gasteiger charge is -2.23. The Hall–Kier alpha value is -3.49. The van der Waals surface area contributed by atoms with Crippen molar-refractivity contribution >= 4 is 60.1 Å². The average molecular weight is 561 g/mol. The lowest BCUT2D eigenvalue weighted by molar-refractivity contribution is -0.132. The molecule has 0 aliphatic carbocycles. The number of carbonyl (C=O) groups excluding carboxylic acids is 2. The third-order valence-corrected chi connectivity index (χ3v) is 8.08. The first kappa shape index (κ1) is 22.9. The van der Waals surface area contributed by atoms with E-state index in [4.69, 9.17) is 4.74 Å². The lowest BCUT2D eigenvalue weighted by atomic mass is 9.94. The zero-order valence-electron chi connectivity index (χ0n) is 19.5. The van der Waals surface area contributed by atoms with Crippen molar-refractivity contribution in [3.63, 3.8) is 0 Å². The van der Waals surface area contributed by atoms with Crippen LogP contribution in [0.15, 0.2) is 70.7 Å². The van der Waals surface area contributed by atoms with Crippen LogP contribution in [-0.2, 0) is 16.0 Å². The number of rotatable bonds is 3. The Balaban J connectivity index is 1.53. The van der Waals surface area contributed by atoms with Gasteiger partial charge in [0.2, 0.25) is 0 Å². The molecule has 36 heavy (non-hydrogen) atoms. The van der Waals surface area contributed by atoms with Crippen LogP contribution >= 0.6 is 27.3 Å². The predicted octanol–water partition coefficient (Wildman–Crippen LogP) is 6.32. The number of carbonyl (C=O) groups is 2. The Bertz CT molecular complexity index is 1590. The number of nitrogens with zero attached hydrogens (tertiary/aromatic N) is 2. The summed E-state index contributed by atoms with van der Waals surface area (Å²) in [6.45, 7) is 3.98. The molecule has 4 aromatic rings. The number of benzene rings is 3. The number of fused-ring (bicyclic) bond motifs is 2. The fraction of sp³-hybridized carbons (Fsp3) is 0.179. The molecule has 2 aliphatic heterocycles. The SMILES string of the molecule is Cc1ccc2nc(N3C(=O)C(=O)C(=C(O)c4ccc5c(c4)C[C@H](C)O5)[C@@H]3c3ccc(Br)cc3)sc2c1. The summed E-state index contributed by atoms with van der Waals surface area (Å²) in [7, 11) is 0. The van der Waals surface area contributed by atoms with E-state index in [9.17, 15) is 14.7 Å². The largest absolute Gasteiger partial charge is 0.507 e. The van der Waals surface area contributed by atoms with Crippen molar-refractivity contribution in [1.82, 2.24) is 4.98 Å². The molecule has 6 nitrogen and oxygen atoms in total. The molecule has 1 N–H and O–H groups in total. The van der Waals surface area contributed by atoms with Gasteiger partial charge in [0.1, 0.15) is 17.6 Å². The van der Waals surface area contributed by atoms with Crippen LogP contribution in [0.25, 0.3) is 16.0 Å². The molecule has 0 radical (unpaired) electrons. The molecule has 2 aliphatic rings. The van der Waals surface area contributed by atoms with Crippen molar-refractivity contribution in [3.8, 4) is 5.75 Å². The zero-order chi connectivity index (χ0) is 25.1. The number of halogens is 1. The van der Waals surface area contributed by atoms with Crippen LogP contribution in [-0.4, -0.2) is 27.9 Å². The molecule has 180 valence electrons. The Labute approximate surface area is 220 Å². The minimum Gasteiger partial charge on any atom is -0.507 e. The highest BCUT2D eigenvalue weighted by molar-refractivity contribution is 9.10. The first-order valence-electron chi connectivity index (χ1n) is 11.5. The van der Waals surface area contributed by atoms with E-state index in [-0.39, 0.29) is 17.4 Å². The monoisotopic (exact) mass is 560 g/mol. The molecule has 3 aromatic carbocycles. The van der Waals surface area contributed by atoms with Crippen LogP contribution in [0.3, 0.4) is 0 Å². The molecule has 2 atom stereocenters. The number of Topliss-reactive ketones (excluding diaryl/α,β-unsaturated/α-hetero) is 1. The van der Waals surface area contributed by atoms with Crippen LogP contribution in [0.2, 0.25) is 0 Å². The van der Waals surface area contributed by atoms with Gasteiger partial charge < -0.3 is 9.84 Å². The maximum Gasteiger partial charge on any atom is 0.301 e. The third kappa shape index (κ3) is 3.72. The van der Waals surface area contributed by atoms with E-state index in [1.54, 1.807) is 12.1 Å². The number of anilines is 1. The summed E-state index contributed by atoms with van der Waals surface area (Å²) in [6.07, 6.45) is 0.764. The van der Waals surface area contributed by atoms with E-state index >= 15 is 0 Å². The maximum absolute atomic E-state index is 13.4. The summed E-state index contributed by atoms with van der Waals surface area (Å²) >= 11 is 4.80. The number of thiazole rings is 1. The van der Waals surface area contributed by atoms with Crippen LogP contribution in [0, 0.1) is 6.92 Å². The van der Waals surface area contributed by atoms with Gasteiger partial charge in [-0.15, -0.1) is 0 Å². The topological polar surface area (TPSA) is 79.7 Å². The number of aliphatic hydroxyl groups is 1. The van der Waals surface area contributed by atoms with Crippen LogP contribution in [0.5, 0.6) is 5.75 Å². The summed E-state index contributed by atoms with van der Waals surface area (Å²) in [5.41, 5.74) is 4.02. The van der Waals surface area contributed by atoms with Crippen LogP contribution < -0.4 is 9.64 Å². The van der Waals surface area contributed by atoms with Gasteiger partial charge in [-0.3, -0.25) is 14.5 Å². The molecule has 0 bridgehead atoms. The van der Waals surface area contributed by atoms with Gasteiger partial charge in [-0.05, 0) is 73.0 Å². The smallest absolute Gasteiger partial charge is 0.301 e. The molecule has 1 aromatic heterocycles. The van der Waals surface area contributed by atoms with Gasteiger partial charge in [-0.25, -0.2) is 4.98 Å². The summed E-state index contributed by atoms with van der Waals surface area (Å²) in [4.78, 5) is 33.0. The van der Waals surface area contributed by atoms with Crippen molar-refractivity contribution < 1.29 is 19.4 Å². The molecule has 3 heterocycles. The first-order valence-corrected chi connectivity index (χ1v) is 13.1. The van der Waals surface area contributed by atoms with Crippen molar-refractivity contribution in [3.05, 3.63) is 93.0 Å². The summed E-state index contributed by atoms with van der Waals surface area (Å²) in [5, 5.41) is 11.9. The highest BCUT2D eigenvalue weighted by atomic mass is 79.9. The van der Waals surface area contributed by atoms with Crippen LogP contribution in [0.1, 0.15) is 35.2 Å². The normalized spacial score (nSPS) is 20.7. The molecular formula is C28H21BrN2O4S. The maximum atomic E-state index is 13.4. The van der Waals surface area contributed by atoms with E-state index in [1.165, 1.54) is 16.2 Å². The molecular weight excluding hydrogens is 540 g/mol. The standard InChI is InChI=1S/C28H21BrN2O4S/c1-14-3-9-20-22(11-14)36-28(30-20)31-24(16-4-7-19(29)8-5-16)23(26(33)27(31)34)25(32)17-6-10-21-18(13-17)12-15(2)35-21/h3-11,13,15,24,32H,12H2,1-2H3/t15-,24-/m0/s1. The van der Waals surface area contributed by atoms with Gasteiger partial charge >= 0.3 is 5.91 Å². The highest BCUT2D eigenvalue weighted by Gasteiger charge is 2.48. The first-order chi connectivity index (χ1) is 17.3. The molecule has 0 saturated carbocycles. The molecule has 1 amide bonds. The van der Waals surface area contributed by atoms with Gasteiger partial charge in [0.05, 0.1) is 21.8 Å². The second-order valence-corrected chi connectivity index (χ2v) is 11.1. The molecule has 8 heteroatoms. The summed E-state index contributed by atoms with van der Waals surface area (Å²) < 4.78 is 7.57. The average Bonchev–Trinajstić information content (AvgIpc) is 3.51. The Kier molecular flexibility index (Phi) is 5.46. The number of ketones is 1. The van der Waals surface area contributed by atoms with Crippen LogP contribution in [0.4, 0.5) is 5.13 Å².